The molecule has 0 aliphatic rings. The lowest BCUT2D eigenvalue weighted by Crippen LogP contribution is -2.38. The highest BCUT2D eigenvalue weighted by molar-refractivity contribution is 14.0. The molecule has 0 radical (unpaired) electrons. The average molecular weight is 527 g/mol. The van der Waals surface area contributed by atoms with Gasteiger partial charge in [0.25, 0.3) is 0 Å². The molecule has 0 aliphatic heterocycles. The molecule has 2 aromatic carbocycles. The monoisotopic (exact) mass is 527 g/mol. The molecule has 0 fully saturated rings. The average Bonchev–Trinajstić information content (AvgIpc) is 2.67. The molecule has 10 heteroatoms. The summed E-state index contributed by atoms with van der Waals surface area (Å²) in [7, 11) is 2.98. The molecule has 2 aromatic rings. The molecule has 0 saturated carbocycles. The Balaban J connectivity index is 0.00000420. The van der Waals surface area contributed by atoms with Gasteiger partial charge in [0.05, 0.1) is 7.11 Å². The van der Waals surface area contributed by atoms with Crippen LogP contribution in [0.25, 0.3) is 0 Å². The van der Waals surface area contributed by atoms with Gasteiger partial charge in [0, 0.05) is 31.3 Å². The van der Waals surface area contributed by atoms with Crippen LogP contribution >= 0.6 is 24.0 Å². The van der Waals surface area contributed by atoms with Crippen LogP contribution in [0.5, 0.6) is 11.5 Å². The number of aliphatic imine (C=N–C) groups is 1. The van der Waals surface area contributed by atoms with Crippen LogP contribution in [-0.2, 0) is 13.0 Å². The van der Waals surface area contributed by atoms with Crippen LogP contribution in [0.3, 0.4) is 0 Å². The summed E-state index contributed by atoms with van der Waals surface area (Å²) >= 11 is 0. The fourth-order valence-corrected chi connectivity index (χ4v) is 2.51. The van der Waals surface area contributed by atoms with Gasteiger partial charge in [-0.15, -0.1) is 24.0 Å². The molecule has 0 bridgehead atoms. The quantitative estimate of drug-likeness (QED) is 0.235. The standard InChI is InChI=1S/C19H21F4N3O2.HI/c1-24-19(25-9-8-14-15(20)4-3-5-16(14)21)26-11-12-10-13(27-2)6-7-17(12)28-18(22)23;/h3-7,10,18H,8-9,11H2,1-2H3,(H2,24,25,26);1H. The first kappa shape index (κ1) is 24.8. The molecule has 0 aliphatic carbocycles. The van der Waals surface area contributed by atoms with Crippen molar-refractivity contribution in [3.8, 4) is 11.5 Å². The Morgan fingerprint density at radius 2 is 1.79 bits per heavy atom. The van der Waals surface area contributed by atoms with Crippen LogP contribution < -0.4 is 20.1 Å². The molecule has 2 N–H and O–H groups in total. The van der Waals surface area contributed by atoms with E-state index in [1.165, 1.54) is 44.5 Å². The van der Waals surface area contributed by atoms with E-state index in [2.05, 4.69) is 20.4 Å². The van der Waals surface area contributed by atoms with E-state index in [9.17, 15) is 17.6 Å². The predicted molar refractivity (Wildman–Crippen MR) is 113 cm³/mol. The van der Waals surface area contributed by atoms with Crippen molar-refractivity contribution >= 4 is 29.9 Å². The third-order valence-corrected chi connectivity index (χ3v) is 3.88. The van der Waals surface area contributed by atoms with Crippen LogP contribution in [0.4, 0.5) is 17.6 Å². The number of guanidine groups is 1. The number of hydrogen-bond donors (Lipinski definition) is 2. The highest BCUT2D eigenvalue weighted by atomic mass is 127. The SMILES string of the molecule is CN=C(NCCc1c(F)cccc1F)NCc1cc(OC)ccc1OC(F)F.I. The van der Waals surface area contributed by atoms with Gasteiger partial charge in [-0.05, 0) is 36.8 Å². The topological polar surface area (TPSA) is 54.9 Å². The van der Waals surface area contributed by atoms with Crippen molar-refractivity contribution in [2.75, 3.05) is 20.7 Å². The first-order valence-corrected chi connectivity index (χ1v) is 8.43. The highest BCUT2D eigenvalue weighted by Crippen LogP contribution is 2.25. The van der Waals surface area contributed by atoms with Gasteiger partial charge in [0.2, 0.25) is 0 Å². The zero-order valence-electron chi connectivity index (χ0n) is 15.8. The van der Waals surface area contributed by atoms with E-state index in [0.29, 0.717) is 17.3 Å². The summed E-state index contributed by atoms with van der Waals surface area (Å²) < 4.78 is 62.0. The van der Waals surface area contributed by atoms with Crippen molar-refractivity contribution in [3.05, 3.63) is 59.2 Å². The van der Waals surface area contributed by atoms with E-state index >= 15 is 0 Å². The van der Waals surface area contributed by atoms with Gasteiger partial charge in [-0.1, -0.05) is 6.07 Å². The first-order chi connectivity index (χ1) is 13.4. The summed E-state index contributed by atoms with van der Waals surface area (Å²) in [5.41, 5.74) is 0.411. The summed E-state index contributed by atoms with van der Waals surface area (Å²) in [5, 5.41) is 5.85. The van der Waals surface area contributed by atoms with E-state index in [1.807, 2.05) is 0 Å². The fourth-order valence-electron chi connectivity index (χ4n) is 2.51. The molecule has 5 nitrogen and oxygen atoms in total. The van der Waals surface area contributed by atoms with E-state index in [-0.39, 0.29) is 54.8 Å². The lowest BCUT2D eigenvalue weighted by molar-refractivity contribution is -0.0505. The molecule has 29 heavy (non-hydrogen) atoms. The number of rotatable bonds is 8. The van der Waals surface area contributed by atoms with Crippen molar-refractivity contribution < 1.29 is 27.0 Å². The van der Waals surface area contributed by atoms with Gasteiger partial charge in [-0.25, -0.2) is 8.78 Å². The third kappa shape index (κ3) is 7.59. The maximum atomic E-state index is 13.6. The van der Waals surface area contributed by atoms with Gasteiger partial charge >= 0.3 is 6.61 Å². The van der Waals surface area contributed by atoms with Crippen molar-refractivity contribution in [1.82, 2.24) is 10.6 Å². The number of halogens is 5. The predicted octanol–water partition coefficient (Wildman–Crippen LogP) is 4.10. The van der Waals surface area contributed by atoms with Crippen LogP contribution in [0, 0.1) is 11.6 Å². The zero-order valence-corrected chi connectivity index (χ0v) is 18.2. The van der Waals surface area contributed by atoms with Gasteiger partial charge in [-0.2, -0.15) is 8.78 Å². The minimum Gasteiger partial charge on any atom is -0.497 e. The minimum absolute atomic E-state index is 0. The van der Waals surface area contributed by atoms with Crippen molar-refractivity contribution in [1.29, 1.82) is 0 Å². The lowest BCUT2D eigenvalue weighted by atomic mass is 10.1. The molecule has 0 unspecified atom stereocenters. The van der Waals surface area contributed by atoms with Crippen LogP contribution in [0.2, 0.25) is 0 Å². The van der Waals surface area contributed by atoms with Gasteiger partial charge in [0.15, 0.2) is 5.96 Å². The van der Waals surface area contributed by atoms with Gasteiger partial charge in [-0.3, -0.25) is 4.99 Å². The maximum Gasteiger partial charge on any atom is 0.387 e. The number of nitrogens with one attached hydrogen (secondary N) is 2. The van der Waals surface area contributed by atoms with Crippen molar-refractivity contribution in [3.63, 3.8) is 0 Å². The maximum absolute atomic E-state index is 13.6. The summed E-state index contributed by atoms with van der Waals surface area (Å²) in [6.45, 7) is -2.62. The Morgan fingerprint density at radius 3 is 2.38 bits per heavy atom. The molecule has 0 atom stereocenters. The van der Waals surface area contributed by atoms with E-state index in [1.54, 1.807) is 6.07 Å². The normalized spacial score (nSPS) is 11.1. The largest absolute Gasteiger partial charge is 0.497 e. The van der Waals surface area contributed by atoms with Gasteiger partial charge < -0.3 is 20.1 Å². The van der Waals surface area contributed by atoms with E-state index < -0.39 is 18.2 Å². The molecule has 0 spiro atoms. The zero-order chi connectivity index (χ0) is 20.5. The first-order valence-electron chi connectivity index (χ1n) is 8.43. The Bertz CT molecular complexity index is 802. The Morgan fingerprint density at radius 1 is 1.10 bits per heavy atom. The number of alkyl halides is 2. The number of nitrogens with zero attached hydrogens (tertiary/aromatic N) is 1. The Labute approximate surface area is 183 Å². The van der Waals surface area contributed by atoms with Crippen LogP contribution in [0.15, 0.2) is 41.4 Å². The van der Waals surface area contributed by atoms with Crippen molar-refractivity contribution in [2.45, 2.75) is 19.6 Å². The number of methoxy groups -OCH3 is 1. The number of benzene rings is 2. The second kappa shape index (κ2) is 12.3. The third-order valence-electron chi connectivity index (χ3n) is 3.88. The smallest absolute Gasteiger partial charge is 0.387 e. The second-order valence-electron chi connectivity index (χ2n) is 5.65. The molecular weight excluding hydrogens is 505 g/mol. The number of hydrogen-bond acceptors (Lipinski definition) is 3. The Hall–Kier alpha value is -2.24. The number of ether oxygens (including phenoxy) is 2. The van der Waals surface area contributed by atoms with Crippen molar-refractivity contribution in [2.24, 2.45) is 4.99 Å². The summed E-state index contributed by atoms with van der Waals surface area (Å²) in [6, 6.07) is 8.15. The van der Waals surface area contributed by atoms with E-state index in [4.69, 9.17) is 4.74 Å². The molecule has 0 aromatic heterocycles. The second-order valence-corrected chi connectivity index (χ2v) is 5.65. The van der Waals surface area contributed by atoms with Crippen LogP contribution in [0.1, 0.15) is 11.1 Å². The molecule has 0 saturated heterocycles. The molecule has 0 amide bonds. The highest BCUT2D eigenvalue weighted by Gasteiger charge is 2.12. The fraction of sp³-hybridized carbons (Fsp3) is 0.316. The van der Waals surface area contributed by atoms with Gasteiger partial charge in [0.1, 0.15) is 23.1 Å². The molecule has 0 heterocycles. The molecule has 2 rings (SSSR count). The summed E-state index contributed by atoms with van der Waals surface area (Å²) in [4.78, 5) is 4.00. The summed E-state index contributed by atoms with van der Waals surface area (Å²) in [5.74, 6) is -0.407. The molecule has 160 valence electrons. The molecular formula is C19H22F4IN3O2. The minimum atomic E-state index is -2.96. The van der Waals surface area contributed by atoms with Crippen LogP contribution in [-0.4, -0.2) is 33.3 Å². The summed E-state index contributed by atoms with van der Waals surface area (Å²) in [6.07, 6.45) is 0.109. The lowest BCUT2D eigenvalue weighted by Gasteiger charge is -2.15. The Kier molecular flexibility index (Phi) is 10.6. The van der Waals surface area contributed by atoms with E-state index in [0.717, 1.165) is 0 Å².